The molecule has 0 radical (unpaired) electrons. The van der Waals surface area contributed by atoms with E-state index in [0.717, 1.165) is 12.1 Å². The quantitative estimate of drug-likeness (QED) is 0.296. The SMILES string of the molecule is CN(C)Cc1cccc(OCC(O)CNC(=N)NS(N)(=O)=O)c1. The van der Waals surface area contributed by atoms with Gasteiger partial charge in [0.25, 0.3) is 10.2 Å². The molecule has 1 aromatic carbocycles. The van der Waals surface area contributed by atoms with Crippen LogP contribution in [0.15, 0.2) is 24.3 Å². The Hall–Kier alpha value is -1.88. The lowest BCUT2D eigenvalue weighted by molar-refractivity contribution is 0.110. The van der Waals surface area contributed by atoms with Crippen LogP contribution in [0.5, 0.6) is 5.75 Å². The van der Waals surface area contributed by atoms with Crippen molar-refractivity contribution in [2.24, 2.45) is 5.14 Å². The van der Waals surface area contributed by atoms with Gasteiger partial charge in [-0.1, -0.05) is 12.1 Å². The van der Waals surface area contributed by atoms with E-state index in [2.05, 4.69) is 5.32 Å². The average molecular weight is 345 g/mol. The maximum atomic E-state index is 10.7. The summed E-state index contributed by atoms with van der Waals surface area (Å²) in [6, 6.07) is 7.50. The largest absolute Gasteiger partial charge is 0.491 e. The van der Waals surface area contributed by atoms with Gasteiger partial charge in [-0.2, -0.15) is 8.42 Å². The molecule has 1 aromatic rings. The minimum atomic E-state index is -4.00. The molecule has 0 saturated carbocycles. The molecule has 0 fully saturated rings. The fourth-order valence-electron chi connectivity index (χ4n) is 1.75. The van der Waals surface area contributed by atoms with Gasteiger partial charge in [0.05, 0.1) is 0 Å². The number of aliphatic hydroxyl groups is 1. The second kappa shape index (κ2) is 8.67. The van der Waals surface area contributed by atoms with Crippen molar-refractivity contribution in [2.45, 2.75) is 12.6 Å². The standard InChI is InChI=1S/C13H23N5O4S/c1-18(2)8-10-4-3-5-12(6-10)22-9-11(19)7-16-13(14)17-23(15,20)21/h3-6,11,19H,7-9H2,1-2H3,(H3,14,16,17)(H2,15,20,21). The van der Waals surface area contributed by atoms with Crippen LogP contribution in [0, 0.1) is 5.41 Å². The summed E-state index contributed by atoms with van der Waals surface area (Å²) in [6.45, 7) is 0.720. The highest BCUT2D eigenvalue weighted by atomic mass is 32.2. The second-order valence-electron chi connectivity index (χ2n) is 5.25. The van der Waals surface area contributed by atoms with Gasteiger partial charge in [0.2, 0.25) is 5.96 Å². The maximum absolute atomic E-state index is 10.7. The number of hydrogen-bond acceptors (Lipinski definition) is 6. The van der Waals surface area contributed by atoms with E-state index >= 15 is 0 Å². The number of nitrogens with two attached hydrogens (primary N) is 1. The van der Waals surface area contributed by atoms with Crippen molar-refractivity contribution in [1.29, 1.82) is 5.41 Å². The summed E-state index contributed by atoms with van der Waals surface area (Å²) in [5, 5.41) is 24.2. The van der Waals surface area contributed by atoms with Gasteiger partial charge in [-0.05, 0) is 31.8 Å². The Morgan fingerprint density at radius 3 is 2.78 bits per heavy atom. The Kier molecular flexibility index (Phi) is 7.23. The summed E-state index contributed by atoms with van der Waals surface area (Å²) in [7, 11) is -0.0637. The molecule has 1 rings (SSSR count). The van der Waals surface area contributed by atoms with Crippen LogP contribution >= 0.6 is 0 Å². The summed E-state index contributed by atoms with van der Waals surface area (Å²) in [5.41, 5.74) is 1.08. The van der Waals surface area contributed by atoms with E-state index in [1.807, 2.05) is 37.2 Å². The zero-order valence-corrected chi connectivity index (χ0v) is 13.9. The Morgan fingerprint density at radius 1 is 1.48 bits per heavy atom. The molecular weight excluding hydrogens is 322 g/mol. The predicted molar refractivity (Wildman–Crippen MR) is 87.3 cm³/mol. The summed E-state index contributed by atoms with van der Waals surface area (Å²) in [6.07, 6.45) is -0.921. The third kappa shape index (κ3) is 8.98. The first-order valence-electron chi connectivity index (χ1n) is 6.83. The second-order valence-corrected chi connectivity index (χ2v) is 6.55. The third-order valence-corrected chi connectivity index (χ3v) is 3.09. The molecule has 0 amide bonds. The van der Waals surface area contributed by atoms with E-state index in [1.54, 1.807) is 10.8 Å². The van der Waals surface area contributed by atoms with E-state index in [1.165, 1.54) is 0 Å². The Bertz CT molecular complexity index is 621. The molecular formula is C13H23N5O4S. The van der Waals surface area contributed by atoms with Crippen molar-refractivity contribution in [1.82, 2.24) is 14.9 Å². The Labute approximate surface area is 136 Å². The van der Waals surface area contributed by atoms with Crippen molar-refractivity contribution in [2.75, 3.05) is 27.2 Å². The number of nitrogens with zero attached hydrogens (tertiary/aromatic N) is 1. The van der Waals surface area contributed by atoms with Gasteiger partial charge in [-0.25, -0.2) is 9.86 Å². The highest BCUT2D eigenvalue weighted by Crippen LogP contribution is 2.14. The summed E-state index contributed by atoms with van der Waals surface area (Å²) in [4.78, 5) is 2.03. The molecule has 0 spiro atoms. The van der Waals surface area contributed by atoms with Crippen molar-refractivity contribution >= 4 is 16.2 Å². The molecule has 0 saturated heterocycles. The minimum absolute atomic E-state index is 0.00106. The van der Waals surface area contributed by atoms with Gasteiger partial charge < -0.3 is 20.1 Å². The minimum Gasteiger partial charge on any atom is -0.491 e. The van der Waals surface area contributed by atoms with Crippen LogP contribution in [0.1, 0.15) is 5.56 Å². The molecule has 0 heterocycles. The summed E-state index contributed by atoms with van der Waals surface area (Å²) >= 11 is 0. The Morgan fingerprint density at radius 2 is 2.17 bits per heavy atom. The number of hydrogen-bond donors (Lipinski definition) is 5. The van der Waals surface area contributed by atoms with Crippen LogP contribution in [-0.4, -0.2) is 57.7 Å². The highest BCUT2D eigenvalue weighted by Gasteiger charge is 2.09. The zero-order valence-electron chi connectivity index (χ0n) is 13.1. The Balaban J connectivity index is 2.38. The normalized spacial score (nSPS) is 12.7. The van der Waals surface area contributed by atoms with E-state index in [9.17, 15) is 13.5 Å². The van der Waals surface area contributed by atoms with Crippen molar-refractivity contribution < 1.29 is 18.3 Å². The molecule has 23 heavy (non-hydrogen) atoms. The number of benzene rings is 1. The molecule has 0 aromatic heterocycles. The molecule has 9 nitrogen and oxygen atoms in total. The van der Waals surface area contributed by atoms with Gasteiger partial charge in [-0.15, -0.1) is 0 Å². The van der Waals surface area contributed by atoms with Gasteiger partial charge in [0.1, 0.15) is 18.5 Å². The fraction of sp³-hybridized carbons (Fsp3) is 0.462. The monoisotopic (exact) mass is 345 g/mol. The predicted octanol–water partition coefficient (Wildman–Crippen LogP) is -1.19. The van der Waals surface area contributed by atoms with Gasteiger partial charge in [0, 0.05) is 13.1 Å². The first-order chi connectivity index (χ1) is 10.7. The lowest BCUT2D eigenvalue weighted by Gasteiger charge is -2.15. The summed E-state index contributed by atoms with van der Waals surface area (Å²) in [5.74, 6) is 0.112. The highest BCUT2D eigenvalue weighted by molar-refractivity contribution is 7.87. The number of rotatable bonds is 8. The fourth-order valence-corrected chi connectivity index (χ4v) is 2.11. The molecule has 0 aliphatic carbocycles. The van der Waals surface area contributed by atoms with Crippen LogP contribution in [0.3, 0.4) is 0 Å². The lowest BCUT2D eigenvalue weighted by atomic mass is 10.2. The number of nitrogens with one attached hydrogen (secondary N) is 3. The van der Waals surface area contributed by atoms with E-state index in [4.69, 9.17) is 15.3 Å². The van der Waals surface area contributed by atoms with Gasteiger partial charge in [-0.3, -0.25) is 5.41 Å². The molecule has 1 unspecified atom stereocenters. The first-order valence-corrected chi connectivity index (χ1v) is 8.38. The number of ether oxygens (including phenoxy) is 1. The number of guanidine groups is 1. The maximum Gasteiger partial charge on any atom is 0.298 e. The first kappa shape index (κ1) is 19.2. The molecule has 6 N–H and O–H groups in total. The van der Waals surface area contributed by atoms with Crippen LogP contribution in [0.2, 0.25) is 0 Å². The van der Waals surface area contributed by atoms with Crippen LogP contribution in [0.25, 0.3) is 0 Å². The zero-order chi connectivity index (χ0) is 17.5. The molecule has 0 aliphatic rings. The van der Waals surface area contributed by atoms with E-state index in [0.29, 0.717) is 5.75 Å². The molecule has 10 heteroatoms. The molecule has 130 valence electrons. The van der Waals surface area contributed by atoms with Crippen molar-refractivity contribution in [3.05, 3.63) is 29.8 Å². The van der Waals surface area contributed by atoms with Crippen molar-refractivity contribution in [3.63, 3.8) is 0 Å². The van der Waals surface area contributed by atoms with E-state index in [-0.39, 0.29) is 13.2 Å². The average Bonchev–Trinajstić information content (AvgIpc) is 2.41. The van der Waals surface area contributed by atoms with E-state index < -0.39 is 22.3 Å². The lowest BCUT2D eigenvalue weighted by Crippen LogP contribution is -2.46. The molecule has 0 bridgehead atoms. The third-order valence-electron chi connectivity index (χ3n) is 2.60. The van der Waals surface area contributed by atoms with Crippen LogP contribution < -0.4 is 19.9 Å². The molecule has 0 aliphatic heterocycles. The van der Waals surface area contributed by atoms with Gasteiger partial charge >= 0.3 is 0 Å². The van der Waals surface area contributed by atoms with Crippen LogP contribution in [0.4, 0.5) is 0 Å². The topological polar surface area (TPSA) is 141 Å². The van der Waals surface area contributed by atoms with Gasteiger partial charge in [0.15, 0.2) is 0 Å². The summed E-state index contributed by atoms with van der Waals surface area (Å²) < 4.78 is 28.6. The number of aliphatic hydroxyl groups excluding tert-OH is 1. The van der Waals surface area contributed by atoms with Crippen molar-refractivity contribution in [3.8, 4) is 5.75 Å². The molecule has 1 atom stereocenters. The smallest absolute Gasteiger partial charge is 0.298 e. The van der Waals surface area contributed by atoms with Crippen LogP contribution in [-0.2, 0) is 16.8 Å².